The molecule has 0 radical (unpaired) electrons. The van der Waals surface area contributed by atoms with Crippen LogP contribution in [0.4, 0.5) is 5.69 Å². The molecule has 3 aromatic carbocycles. The first-order valence-electron chi connectivity index (χ1n) is 10.3. The Bertz CT molecular complexity index is 1440. The summed E-state index contributed by atoms with van der Waals surface area (Å²) in [6, 6.07) is 19.0. The van der Waals surface area contributed by atoms with Gasteiger partial charge in [0.1, 0.15) is 5.82 Å². The van der Waals surface area contributed by atoms with E-state index in [1.165, 1.54) is 24.4 Å². The number of imide groups is 1. The number of rotatable bonds is 6. The Hall–Kier alpha value is -4.92. The van der Waals surface area contributed by atoms with Gasteiger partial charge in [-0.2, -0.15) is 0 Å². The van der Waals surface area contributed by atoms with E-state index in [-0.39, 0.29) is 17.8 Å². The fraction of sp³-hybridized carbons (Fsp3) is 0.0400. The summed E-state index contributed by atoms with van der Waals surface area (Å²) in [5.41, 5.74) is 1.23. The fourth-order valence-corrected chi connectivity index (χ4v) is 3.97. The zero-order valence-corrected chi connectivity index (χ0v) is 17.6. The predicted octanol–water partition coefficient (Wildman–Crippen LogP) is 3.81. The maximum atomic E-state index is 13.3. The van der Waals surface area contributed by atoms with E-state index in [0.717, 1.165) is 4.90 Å². The summed E-state index contributed by atoms with van der Waals surface area (Å²) in [4.78, 5) is 55.1. The molecule has 34 heavy (non-hydrogen) atoms. The third kappa shape index (κ3) is 3.45. The summed E-state index contributed by atoms with van der Waals surface area (Å²) >= 11 is 0. The van der Waals surface area contributed by atoms with Crippen molar-refractivity contribution in [2.75, 3.05) is 0 Å². The molecule has 0 atom stereocenters. The van der Waals surface area contributed by atoms with Crippen molar-refractivity contribution in [1.82, 2.24) is 14.5 Å². The van der Waals surface area contributed by atoms with Crippen LogP contribution in [0.2, 0.25) is 0 Å². The fourth-order valence-electron chi connectivity index (χ4n) is 3.97. The lowest BCUT2D eigenvalue weighted by atomic mass is 10.0. The Morgan fingerprint density at radius 3 is 2.21 bits per heavy atom. The molecule has 0 fully saturated rings. The van der Waals surface area contributed by atoms with Crippen molar-refractivity contribution in [3.8, 4) is 5.69 Å². The molecule has 2 amide bonds. The highest BCUT2D eigenvalue weighted by molar-refractivity contribution is 6.21. The van der Waals surface area contributed by atoms with Crippen LogP contribution in [0.3, 0.4) is 0 Å². The van der Waals surface area contributed by atoms with Gasteiger partial charge in [0.15, 0.2) is 5.78 Å². The molecule has 1 aliphatic rings. The van der Waals surface area contributed by atoms with Gasteiger partial charge in [-0.05, 0) is 18.2 Å². The van der Waals surface area contributed by atoms with Gasteiger partial charge in [-0.15, -0.1) is 0 Å². The van der Waals surface area contributed by atoms with E-state index in [2.05, 4.69) is 4.98 Å². The normalized spacial score (nSPS) is 12.6. The molecule has 9 heteroatoms. The minimum atomic E-state index is -0.570. The average molecular weight is 452 g/mol. The van der Waals surface area contributed by atoms with Crippen LogP contribution in [0.25, 0.3) is 5.69 Å². The second-order valence-electron chi connectivity index (χ2n) is 7.61. The summed E-state index contributed by atoms with van der Waals surface area (Å²) in [5, 5.41) is 11.4. The van der Waals surface area contributed by atoms with Gasteiger partial charge >= 0.3 is 0 Å². The van der Waals surface area contributed by atoms with Crippen LogP contribution < -0.4 is 0 Å². The van der Waals surface area contributed by atoms with Crippen LogP contribution in [0.15, 0.2) is 85.2 Å². The molecule has 9 nitrogen and oxygen atoms in total. The number of non-ortho nitro benzene ring substituents is 1. The van der Waals surface area contributed by atoms with Gasteiger partial charge in [-0.1, -0.05) is 42.5 Å². The zero-order chi connectivity index (χ0) is 23.8. The summed E-state index contributed by atoms with van der Waals surface area (Å²) in [7, 11) is 0. The first kappa shape index (κ1) is 21.0. The number of nitro benzene ring substituents is 1. The number of carbonyl (C=O) groups excluding carboxylic acids is 3. The number of nitrogens with zero attached hydrogens (tertiary/aromatic N) is 4. The molecule has 0 aliphatic carbocycles. The van der Waals surface area contributed by atoms with Crippen LogP contribution in [-0.4, -0.2) is 37.0 Å². The summed E-state index contributed by atoms with van der Waals surface area (Å²) < 4.78 is 1.56. The lowest BCUT2D eigenvalue weighted by Crippen LogP contribution is -2.30. The van der Waals surface area contributed by atoms with E-state index in [9.17, 15) is 24.5 Å². The van der Waals surface area contributed by atoms with Gasteiger partial charge in [0.25, 0.3) is 17.5 Å². The van der Waals surface area contributed by atoms with Crippen molar-refractivity contribution in [3.05, 3.63) is 123 Å². The lowest BCUT2D eigenvalue weighted by molar-refractivity contribution is -0.384. The van der Waals surface area contributed by atoms with Gasteiger partial charge in [-0.25, -0.2) is 4.98 Å². The first-order valence-corrected chi connectivity index (χ1v) is 10.3. The molecule has 0 N–H and O–H groups in total. The predicted molar refractivity (Wildman–Crippen MR) is 121 cm³/mol. The maximum Gasteiger partial charge on any atom is 0.270 e. The Balaban J connectivity index is 1.56. The van der Waals surface area contributed by atoms with E-state index in [4.69, 9.17) is 0 Å². The first-order chi connectivity index (χ1) is 16.5. The highest BCUT2D eigenvalue weighted by atomic mass is 16.6. The molecule has 0 spiro atoms. The SMILES string of the molecule is O=C(c1ccccc1)c1cc([N+](=O)[O-])ccc1-n1ccnc1CN1C(=O)c2ccccc2C1=O. The van der Waals surface area contributed by atoms with Crippen LogP contribution in [0, 0.1) is 10.1 Å². The van der Waals surface area contributed by atoms with Crippen molar-refractivity contribution < 1.29 is 19.3 Å². The largest absolute Gasteiger partial charge is 0.301 e. The van der Waals surface area contributed by atoms with Gasteiger partial charge in [0.05, 0.1) is 33.8 Å². The number of aromatic nitrogens is 2. The number of carbonyl (C=O) groups is 3. The number of hydrogen-bond donors (Lipinski definition) is 0. The number of hydrogen-bond acceptors (Lipinski definition) is 6. The molecule has 1 aliphatic heterocycles. The molecular formula is C25H16N4O5. The van der Waals surface area contributed by atoms with Gasteiger partial charge in [0.2, 0.25) is 0 Å². The van der Waals surface area contributed by atoms with Crippen LogP contribution >= 0.6 is 0 Å². The lowest BCUT2D eigenvalue weighted by Gasteiger charge is -2.17. The molecule has 0 saturated carbocycles. The number of nitro groups is 1. The van der Waals surface area contributed by atoms with Gasteiger partial charge in [-0.3, -0.25) is 29.4 Å². The third-order valence-electron chi connectivity index (χ3n) is 5.63. The van der Waals surface area contributed by atoms with E-state index in [0.29, 0.717) is 28.2 Å². The molecular weight excluding hydrogens is 436 g/mol. The summed E-state index contributed by atoms with van der Waals surface area (Å²) in [5.74, 6) is -0.941. The monoisotopic (exact) mass is 452 g/mol. The molecule has 0 unspecified atom stereocenters. The molecule has 5 rings (SSSR count). The number of amides is 2. The molecule has 4 aromatic rings. The molecule has 2 heterocycles. The average Bonchev–Trinajstić information content (AvgIpc) is 3.42. The van der Waals surface area contributed by atoms with Gasteiger partial charge < -0.3 is 4.57 Å². The van der Waals surface area contributed by atoms with Crippen LogP contribution in [0.5, 0.6) is 0 Å². The number of ketones is 1. The Morgan fingerprint density at radius 2 is 1.56 bits per heavy atom. The van der Waals surface area contributed by atoms with E-state index >= 15 is 0 Å². The summed E-state index contributed by atoms with van der Waals surface area (Å²) in [6.45, 7) is -0.130. The molecule has 1 aromatic heterocycles. The Labute approximate surface area is 193 Å². The second kappa shape index (κ2) is 8.21. The Kier molecular flexibility index (Phi) is 5.06. The molecule has 166 valence electrons. The van der Waals surface area contributed by atoms with E-state index in [1.54, 1.807) is 65.4 Å². The maximum absolute atomic E-state index is 13.3. The van der Waals surface area contributed by atoms with Crippen molar-refractivity contribution in [2.24, 2.45) is 0 Å². The quantitative estimate of drug-likeness (QED) is 0.190. The number of imidazole rings is 1. The summed E-state index contributed by atoms with van der Waals surface area (Å²) in [6.07, 6.45) is 3.06. The van der Waals surface area contributed by atoms with Crippen molar-refractivity contribution >= 4 is 23.3 Å². The van der Waals surface area contributed by atoms with Crippen LogP contribution in [0.1, 0.15) is 42.5 Å². The zero-order valence-electron chi connectivity index (χ0n) is 17.6. The minimum Gasteiger partial charge on any atom is -0.301 e. The van der Waals surface area contributed by atoms with Crippen molar-refractivity contribution in [1.29, 1.82) is 0 Å². The molecule has 0 bridgehead atoms. The smallest absolute Gasteiger partial charge is 0.270 e. The van der Waals surface area contributed by atoms with Gasteiger partial charge in [0, 0.05) is 30.1 Å². The minimum absolute atomic E-state index is 0.0991. The highest BCUT2D eigenvalue weighted by Crippen LogP contribution is 2.28. The van der Waals surface area contributed by atoms with Crippen molar-refractivity contribution in [2.45, 2.75) is 6.54 Å². The van der Waals surface area contributed by atoms with E-state index < -0.39 is 22.5 Å². The third-order valence-corrected chi connectivity index (χ3v) is 5.63. The Morgan fingerprint density at radius 1 is 0.912 bits per heavy atom. The standard InChI is InChI=1S/C25H16N4O5/c30-23(16-6-2-1-3-7-16)20-14-17(29(33)34)10-11-21(20)27-13-12-26-22(27)15-28-24(31)18-8-4-5-9-19(18)25(28)32/h1-14H,15H2. The molecule has 0 saturated heterocycles. The number of benzene rings is 3. The van der Waals surface area contributed by atoms with Crippen LogP contribution in [-0.2, 0) is 6.54 Å². The topological polar surface area (TPSA) is 115 Å². The highest BCUT2D eigenvalue weighted by Gasteiger charge is 2.36. The second-order valence-corrected chi connectivity index (χ2v) is 7.61. The van der Waals surface area contributed by atoms with E-state index in [1.807, 2.05) is 0 Å². The number of fused-ring (bicyclic) bond motifs is 1. The van der Waals surface area contributed by atoms with Crippen molar-refractivity contribution in [3.63, 3.8) is 0 Å².